The minimum Gasteiger partial charge on any atom is -0.481 e. The van der Waals surface area contributed by atoms with E-state index in [2.05, 4.69) is 0 Å². The summed E-state index contributed by atoms with van der Waals surface area (Å²) in [6.45, 7) is 9.31. The molecule has 0 saturated heterocycles. The summed E-state index contributed by atoms with van der Waals surface area (Å²) in [5.74, 6) is -1.61. The number of hydrogen-bond donors (Lipinski definition) is 1. The van der Waals surface area contributed by atoms with Gasteiger partial charge in [-0.15, -0.1) is 0 Å². The van der Waals surface area contributed by atoms with Gasteiger partial charge in [0.05, 0.1) is 5.92 Å². The number of ether oxygens (including phenoxy) is 1. The van der Waals surface area contributed by atoms with Crippen LogP contribution in [0.25, 0.3) is 0 Å². The fourth-order valence-electron chi connectivity index (χ4n) is 2.41. The van der Waals surface area contributed by atoms with Gasteiger partial charge in [-0.1, -0.05) is 24.6 Å². The van der Waals surface area contributed by atoms with Crippen LogP contribution in [-0.2, 0) is 9.53 Å². The number of aryl methyl sites for hydroxylation is 2. The first-order valence-corrected chi connectivity index (χ1v) is 8.03. The van der Waals surface area contributed by atoms with Crippen molar-refractivity contribution in [1.29, 1.82) is 0 Å². The highest BCUT2D eigenvalue weighted by atomic mass is 16.5. The minimum atomic E-state index is -0.895. The molecule has 1 unspecified atom stereocenters. The van der Waals surface area contributed by atoms with Crippen LogP contribution in [0.2, 0.25) is 0 Å². The van der Waals surface area contributed by atoms with E-state index < -0.39 is 11.9 Å². The van der Waals surface area contributed by atoms with E-state index in [4.69, 9.17) is 9.84 Å². The summed E-state index contributed by atoms with van der Waals surface area (Å²) in [5.41, 5.74) is 2.64. The molecule has 0 aliphatic carbocycles. The van der Waals surface area contributed by atoms with Gasteiger partial charge < -0.3 is 14.7 Å². The highest BCUT2D eigenvalue weighted by Gasteiger charge is 2.22. The molecule has 0 aliphatic rings. The smallest absolute Gasteiger partial charge is 0.308 e. The lowest BCUT2D eigenvalue weighted by atomic mass is 10.0. The second kappa shape index (κ2) is 9.30. The van der Waals surface area contributed by atoms with Gasteiger partial charge in [0, 0.05) is 31.9 Å². The van der Waals surface area contributed by atoms with Gasteiger partial charge in [0.2, 0.25) is 0 Å². The van der Waals surface area contributed by atoms with Gasteiger partial charge in [-0.2, -0.15) is 0 Å². The molecule has 1 rings (SSSR count). The van der Waals surface area contributed by atoms with E-state index in [0.717, 1.165) is 11.1 Å². The van der Waals surface area contributed by atoms with Crippen molar-refractivity contribution in [3.8, 4) is 0 Å². The van der Waals surface area contributed by atoms with Crippen LogP contribution in [0.3, 0.4) is 0 Å². The Morgan fingerprint density at radius 3 is 2.57 bits per heavy atom. The molecule has 0 radical (unpaired) electrons. The van der Waals surface area contributed by atoms with Crippen LogP contribution in [0, 0.1) is 19.8 Å². The topological polar surface area (TPSA) is 66.8 Å². The first-order valence-electron chi connectivity index (χ1n) is 8.03. The molecular weight excluding hydrogens is 294 g/mol. The first-order chi connectivity index (χ1) is 10.9. The summed E-state index contributed by atoms with van der Waals surface area (Å²) in [6, 6.07) is 5.68. The zero-order valence-electron chi connectivity index (χ0n) is 14.5. The summed E-state index contributed by atoms with van der Waals surface area (Å²) in [6.07, 6.45) is 0.691. The Morgan fingerprint density at radius 2 is 2.00 bits per heavy atom. The van der Waals surface area contributed by atoms with E-state index in [1.54, 1.807) is 11.8 Å². The largest absolute Gasteiger partial charge is 0.481 e. The number of amides is 1. The second-order valence-corrected chi connectivity index (χ2v) is 5.86. The van der Waals surface area contributed by atoms with Crippen LogP contribution >= 0.6 is 0 Å². The number of nitrogens with zero attached hydrogens (tertiary/aromatic N) is 1. The van der Waals surface area contributed by atoms with E-state index in [0.29, 0.717) is 31.7 Å². The first kappa shape index (κ1) is 19.2. The fourth-order valence-corrected chi connectivity index (χ4v) is 2.41. The summed E-state index contributed by atoms with van der Waals surface area (Å²) in [5, 5.41) is 9.12. The van der Waals surface area contributed by atoms with Crippen molar-refractivity contribution in [2.45, 2.75) is 34.1 Å². The minimum absolute atomic E-state index is 0.118. The predicted octanol–water partition coefficient (Wildman–Crippen LogP) is 2.89. The molecule has 0 aliphatic heterocycles. The maximum atomic E-state index is 12.8. The molecule has 0 saturated carbocycles. The second-order valence-electron chi connectivity index (χ2n) is 5.86. The molecule has 0 fully saturated rings. The van der Waals surface area contributed by atoms with Crippen molar-refractivity contribution in [3.05, 3.63) is 34.9 Å². The zero-order valence-corrected chi connectivity index (χ0v) is 14.5. The molecule has 1 aromatic carbocycles. The number of carbonyl (C=O) groups excluding carboxylic acids is 1. The Balaban J connectivity index is 2.87. The number of aliphatic carboxylic acids is 1. The van der Waals surface area contributed by atoms with Crippen molar-refractivity contribution in [3.63, 3.8) is 0 Å². The molecule has 0 spiro atoms. The van der Waals surface area contributed by atoms with E-state index in [9.17, 15) is 9.59 Å². The van der Waals surface area contributed by atoms with Crippen LogP contribution < -0.4 is 0 Å². The van der Waals surface area contributed by atoms with Gasteiger partial charge >= 0.3 is 5.97 Å². The highest BCUT2D eigenvalue weighted by Crippen LogP contribution is 2.15. The Hall–Kier alpha value is -1.88. The van der Waals surface area contributed by atoms with Crippen molar-refractivity contribution in [1.82, 2.24) is 4.90 Å². The van der Waals surface area contributed by atoms with Gasteiger partial charge in [-0.05, 0) is 38.8 Å². The average molecular weight is 321 g/mol. The van der Waals surface area contributed by atoms with Crippen LogP contribution in [-0.4, -0.2) is 48.2 Å². The van der Waals surface area contributed by atoms with E-state index in [1.807, 2.05) is 39.0 Å². The number of carboxylic acid groups (broad SMARTS) is 1. The molecule has 23 heavy (non-hydrogen) atoms. The third-order valence-corrected chi connectivity index (χ3v) is 3.74. The van der Waals surface area contributed by atoms with E-state index in [-0.39, 0.29) is 12.5 Å². The summed E-state index contributed by atoms with van der Waals surface area (Å²) in [4.78, 5) is 25.5. The van der Waals surface area contributed by atoms with Crippen molar-refractivity contribution in [2.24, 2.45) is 5.92 Å². The molecule has 0 heterocycles. The van der Waals surface area contributed by atoms with Gasteiger partial charge in [0.25, 0.3) is 5.91 Å². The molecule has 5 nitrogen and oxygen atoms in total. The molecule has 1 N–H and O–H groups in total. The Bertz CT molecular complexity index is 542. The monoisotopic (exact) mass is 321 g/mol. The molecule has 1 atom stereocenters. The van der Waals surface area contributed by atoms with Crippen molar-refractivity contribution in [2.75, 3.05) is 26.3 Å². The van der Waals surface area contributed by atoms with Crippen molar-refractivity contribution < 1.29 is 19.4 Å². The Labute approximate surface area is 138 Å². The van der Waals surface area contributed by atoms with Gasteiger partial charge in [-0.3, -0.25) is 9.59 Å². The van der Waals surface area contributed by atoms with E-state index in [1.165, 1.54) is 0 Å². The average Bonchev–Trinajstić information content (AvgIpc) is 2.49. The van der Waals surface area contributed by atoms with Gasteiger partial charge in [0.15, 0.2) is 0 Å². The highest BCUT2D eigenvalue weighted by molar-refractivity contribution is 5.96. The Kier molecular flexibility index (Phi) is 7.75. The number of carbonyl (C=O) groups is 2. The quantitative estimate of drug-likeness (QED) is 0.710. The summed E-state index contributed by atoms with van der Waals surface area (Å²) >= 11 is 0. The number of hydrogen-bond acceptors (Lipinski definition) is 3. The van der Waals surface area contributed by atoms with E-state index >= 15 is 0 Å². The summed E-state index contributed by atoms with van der Waals surface area (Å²) in [7, 11) is 0. The standard InChI is InChI=1S/C18H27NO4/c1-5-23-10-6-9-19(12-15(4)18(21)22)17(20)16-8-7-13(2)11-14(16)3/h7-8,11,15H,5-6,9-10,12H2,1-4H3,(H,21,22). The van der Waals surface area contributed by atoms with Gasteiger partial charge in [-0.25, -0.2) is 0 Å². The lowest BCUT2D eigenvalue weighted by molar-refractivity contribution is -0.141. The SMILES string of the molecule is CCOCCCN(CC(C)C(=O)O)C(=O)c1ccc(C)cc1C. The molecular formula is C18H27NO4. The van der Waals surface area contributed by atoms with Gasteiger partial charge in [0.1, 0.15) is 0 Å². The summed E-state index contributed by atoms with van der Waals surface area (Å²) < 4.78 is 5.31. The lowest BCUT2D eigenvalue weighted by Crippen LogP contribution is -2.38. The Morgan fingerprint density at radius 1 is 1.30 bits per heavy atom. The third kappa shape index (κ3) is 6.02. The fraction of sp³-hybridized carbons (Fsp3) is 0.556. The third-order valence-electron chi connectivity index (χ3n) is 3.74. The van der Waals surface area contributed by atoms with Crippen LogP contribution in [0.1, 0.15) is 41.8 Å². The molecule has 128 valence electrons. The van der Waals surface area contributed by atoms with Crippen LogP contribution in [0.5, 0.6) is 0 Å². The molecule has 0 aromatic heterocycles. The number of rotatable bonds is 9. The van der Waals surface area contributed by atoms with Crippen LogP contribution in [0.4, 0.5) is 0 Å². The molecule has 0 bridgehead atoms. The maximum absolute atomic E-state index is 12.8. The lowest BCUT2D eigenvalue weighted by Gasteiger charge is -2.25. The molecule has 1 aromatic rings. The van der Waals surface area contributed by atoms with Crippen LogP contribution in [0.15, 0.2) is 18.2 Å². The van der Waals surface area contributed by atoms with Crippen molar-refractivity contribution >= 4 is 11.9 Å². The maximum Gasteiger partial charge on any atom is 0.308 e. The number of carboxylic acids is 1. The number of benzene rings is 1. The molecule has 5 heteroatoms. The molecule has 1 amide bonds. The zero-order chi connectivity index (χ0) is 17.4. The predicted molar refractivity (Wildman–Crippen MR) is 89.7 cm³/mol. The normalized spacial score (nSPS) is 12.0.